The van der Waals surface area contributed by atoms with Gasteiger partial charge in [0.2, 0.25) is 0 Å². The monoisotopic (exact) mass is 456 g/mol. The summed E-state index contributed by atoms with van der Waals surface area (Å²) >= 11 is 5.96. The topological polar surface area (TPSA) is 55.2 Å². The van der Waals surface area contributed by atoms with E-state index >= 15 is 0 Å². The molecule has 4 rings (SSSR count). The Balaban J connectivity index is 1.72. The van der Waals surface area contributed by atoms with Crippen LogP contribution < -0.4 is 4.74 Å². The molecule has 0 saturated carbocycles. The van der Waals surface area contributed by atoms with E-state index in [0.29, 0.717) is 10.8 Å². The molecular formula is C24H16ClF3N2O2. The SMILES string of the molecule is Oc1cc(OCc2cccc(Cl)c2)ccc1-c1ncnc(C(F)(F)F)c1-c1ccccc1. The van der Waals surface area contributed by atoms with Gasteiger partial charge >= 0.3 is 6.18 Å². The molecule has 0 spiro atoms. The van der Waals surface area contributed by atoms with Crippen molar-refractivity contribution in [2.45, 2.75) is 12.8 Å². The summed E-state index contributed by atoms with van der Waals surface area (Å²) in [4.78, 5) is 7.54. The van der Waals surface area contributed by atoms with E-state index in [2.05, 4.69) is 9.97 Å². The molecule has 0 bridgehead atoms. The molecule has 162 valence electrons. The maximum absolute atomic E-state index is 13.7. The highest BCUT2D eigenvalue weighted by atomic mass is 35.5. The fourth-order valence-electron chi connectivity index (χ4n) is 3.28. The van der Waals surface area contributed by atoms with Gasteiger partial charge in [0.25, 0.3) is 0 Å². The smallest absolute Gasteiger partial charge is 0.434 e. The number of hydrogen-bond acceptors (Lipinski definition) is 4. The van der Waals surface area contributed by atoms with E-state index in [0.717, 1.165) is 11.9 Å². The van der Waals surface area contributed by atoms with Crippen molar-refractivity contribution in [2.75, 3.05) is 0 Å². The summed E-state index contributed by atoms with van der Waals surface area (Å²) < 4.78 is 46.8. The molecule has 8 heteroatoms. The second-order valence-electron chi connectivity index (χ2n) is 6.91. The van der Waals surface area contributed by atoms with E-state index in [1.54, 1.807) is 42.5 Å². The van der Waals surface area contributed by atoms with Gasteiger partial charge in [0.05, 0.1) is 5.69 Å². The number of alkyl halides is 3. The highest BCUT2D eigenvalue weighted by molar-refractivity contribution is 6.30. The quantitative estimate of drug-likeness (QED) is 0.360. The maximum Gasteiger partial charge on any atom is 0.434 e. The molecule has 1 aromatic heterocycles. The maximum atomic E-state index is 13.7. The summed E-state index contributed by atoms with van der Waals surface area (Å²) in [5.41, 5.74) is -0.0590. The number of halogens is 4. The molecule has 0 aliphatic rings. The van der Waals surface area contributed by atoms with E-state index in [-0.39, 0.29) is 34.7 Å². The predicted octanol–water partition coefficient (Wildman–Crippen LogP) is 6.77. The van der Waals surface area contributed by atoms with Crippen LogP contribution in [-0.4, -0.2) is 15.1 Å². The number of aromatic nitrogens is 2. The average molecular weight is 457 g/mol. The molecule has 32 heavy (non-hydrogen) atoms. The van der Waals surface area contributed by atoms with Gasteiger partial charge < -0.3 is 9.84 Å². The molecule has 0 aliphatic heterocycles. The standard InChI is InChI=1S/C24H16ClF3N2O2/c25-17-8-4-5-15(11-17)13-32-18-9-10-19(20(31)12-18)22-21(16-6-2-1-3-7-16)23(24(26,27)28)30-14-29-22/h1-12,14,31H,13H2. The lowest BCUT2D eigenvalue weighted by Gasteiger charge is -2.16. The molecule has 4 nitrogen and oxygen atoms in total. The van der Waals surface area contributed by atoms with E-state index in [1.165, 1.54) is 24.3 Å². The van der Waals surface area contributed by atoms with Crippen LogP contribution in [0.2, 0.25) is 5.02 Å². The highest BCUT2D eigenvalue weighted by Crippen LogP contribution is 2.42. The van der Waals surface area contributed by atoms with Crippen molar-refractivity contribution in [1.29, 1.82) is 0 Å². The van der Waals surface area contributed by atoms with Crippen molar-refractivity contribution >= 4 is 11.6 Å². The van der Waals surface area contributed by atoms with Crippen LogP contribution in [-0.2, 0) is 12.8 Å². The molecule has 0 saturated heterocycles. The Kier molecular flexibility index (Phi) is 6.01. The summed E-state index contributed by atoms with van der Waals surface area (Å²) in [6, 6.07) is 19.5. The Bertz CT molecular complexity index is 1250. The molecule has 0 fully saturated rings. The van der Waals surface area contributed by atoms with Crippen LogP contribution in [0.1, 0.15) is 11.3 Å². The van der Waals surface area contributed by atoms with Gasteiger partial charge in [0, 0.05) is 22.2 Å². The van der Waals surface area contributed by atoms with Crippen LogP contribution in [0.4, 0.5) is 13.2 Å². The Morgan fingerprint density at radius 3 is 2.38 bits per heavy atom. The zero-order chi connectivity index (χ0) is 22.7. The molecule has 1 heterocycles. The first-order valence-electron chi connectivity index (χ1n) is 9.51. The van der Waals surface area contributed by atoms with Crippen molar-refractivity contribution in [2.24, 2.45) is 0 Å². The van der Waals surface area contributed by atoms with Gasteiger partial charge in [-0.05, 0) is 35.4 Å². The normalized spacial score (nSPS) is 11.4. The van der Waals surface area contributed by atoms with Crippen molar-refractivity contribution in [3.63, 3.8) is 0 Å². The summed E-state index contributed by atoms with van der Waals surface area (Å²) in [6.07, 6.45) is -3.86. The number of phenolic OH excluding ortho intramolecular Hbond substituents is 1. The summed E-state index contributed by atoms with van der Waals surface area (Å²) in [6.45, 7) is 0.209. The van der Waals surface area contributed by atoms with Crippen LogP contribution in [0.25, 0.3) is 22.4 Å². The van der Waals surface area contributed by atoms with Crippen LogP contribution >= 0.6 is 11.6 Å². The molecule has 3 aromatic carbocycles. The number of ether oxygens (including phenoxy) is 1. The number of phenols is 1. The number of benzene rings is 3. The van der Waals surface area contributed by atoms with Gasteiger partial charge in [0.1, 0.15) is 24.4 Å². The van der Waals surface area contributed by atoms with Crippen molar-refractivity contribution in [3.05, 3.63) is 95.4 Å². The number of aromatic hydroxyl groups is 1. The Morgan fingerprint density at radius 2 is 1.69 bits per heavy atom. The molecule has 0 atom stereocenters. The third-order valence-electron chi connectivity index (χ3n) is 4.70. The van der Waals surface area contributed by atoms with Crippen LogP contribution in [0.15, 0.2) is 79.1 Å². The van der Waals surface area contributed by atoms with Gasteiger partial charge in [-0.2, -0.15) is 13.2 Å². The first-order valence-corrected chi connectivity index (χ1v) is 9.89. The first-order chi connectivity index (χ1) is 15.3. The highest BCUT2D eigenvalue weighted by Gasteiger charge is 2.37. The summed E-state index contributed by atoms with van der Waals surface area (Å²) in [7, 11) is 0. The van der Waals surface area contributed by atoms with Crippen LogP contribution in [0.5, 0.6) is 11.5 Å². The van der Waals surface area contributed by atoms with Gasteiger partial charge in [-0.1, -0.05) is 54.1 Å². The van der Waals surface area contributed by atoms with Gasteiger partial charge in [0.15, 0.2) is 5.69 Å². The summed E-state index contributed by atoms with van der Waals surface area (Å²) in [5.74, 6) is 0.0789. The van der Waals surface area contributed by atoms with Gasteiger partial charge in [-0.3, -0.25) is 0 Å². The fraction of sp³-hybridized carbons (Fsp3) is 0.0833. The van der Waals surface area contributed by atoms with Crippen LogP contribution in [0, 0.1) is 0 Å². The second-order valence-corrected chi connectivity index (χ2v) is 7.34. The van der Waals surface area contributed by atoms with Crippen molar-refractivity contribution in [3.8, 4) is 33.9 Å². The third kappa shape index (κ3) is 4.68. The minimum absolute atomic E-state index is 0.0302. The predicted molar refractivity (Wildman–Crippen MR) is 115 cm³/mol. The van der Waals surface area contributed by atoms with Crippen molar-refractivity contribution in [1.82, 2.24) is 9.97 Å². The van der Waals surface area contributed by atoms with E-state index < -0.39 is 11.9 Å². The lowest BCUT2D eigenvalue weighted by Crippen LogP contribution is -2.12. The molecular weight excluding hydrogens is 441 g/mol. The zero-order valence-corrected chi connectivity index (χ0v) is 17.2. The molecule has 0 aliphatic carbocycles. The number of nitrogens with zero attached hydrogens (tertiary/aromatic N) is 2. The molecule has 0 radical (unpaired) electrons. The molecule has 0 unspecified atom stereocenters. The second kappa shape index (κ2) is 8.88. The number of rotatable bonds is 5. The number of hydrogen-bond donors (Lipinski definition) is 1. The minimum atomic E-state index is -4.70. The lowest BCUT2D eigenvalue weighted by atomic mass is 9.96. The zero-order valence-electron chi connectivity index (χ0n) is 16.5. The fourth-order valence-corrected chi connectivity index (χ4v) is 3.49. The Morgan fingerprint density at radius 1 is 0.906 bits per heavy atom. The minimum Gasteiger partial charge on any atom is -0.507 e. The van der Waals surface area contributed by atoms with E-state index in [9.17, 15) is 18.3 Å². The average Bonchev–Trinajstić information content (AvgIpc) is 2.77. The molecule has 1 N–H and O–H groups in total. The van der Waals surface area contributed by atoms with E-state index in [4.69, 9.17) is 16.3 Å². The molecule has 4 aromatic rings. The van der Waals surface area contributed by atoms with Gasteiger partial charge in [-0.15, -0.1) is 0 Å². The first kappa shape index (κ1) is 21.6. The van der Waals surface area contributed by atoms with Crippen LogP contribution in [0.3, 0.4) is 0 Å². The van der Waals surface area contributed by atoms with Crippen molar-refractivity contribution < 1.29 is 23.0 Å². The van der Waals surface area contributed by atoms with Gasteiger partial charge in [-0.25, -0.2) is 9.97 Å². The Hall–Kier alpha value is -3.58. The largest absolute Gasteiger partial charge is 0.507 e. The molecule has 0 amide bonds. The summed E-state index contributed by atoms with van der Waals surface area (Å²) in [5, 5.41) is 11.2. The van der Waals surface area contributed by atoms with E-state index in [1.807, 2.05) is 6.07 Å². The Labute approximate surface area is 186 Å². The third-order valence-corrected chi connectivity index (χ3v) is 4.93. The lowest BCUT2D eigenvalue weighted by molar-refractivity contribution is -0.140.